The summed E-state index contributed by atoms with van der Waals surface area (Å²) in [4.78, 5) is 15.0. The zero-order valence-electron chi connectivity index (χ0n) is 18.8. The van der Waals surface area contributed by atoms with Crippen molar-refractivity contribution in [2.24, 2.45) is 5.92 Å². The molecule has 2 aliphatic heterocycles. The van der Waals surface area contributed by atoms with Gasteiger partial charge in [0.05, 0.1) is 18.1 Å². The van der Waals surface area contributed by atoms with E-state index in [4.69, 9.17) is 9.47 Å². The lowest BCUT2D eigenvalue weighted by Gasteiger charge is -2.32. The van der Waals surface area contributed by atoms with Gasteiger partial charge in [-0.15, -0.1) is 0 Å². The molecule has 0 radical (unpaired) electrons. The van der Waals surface area contributed by atoms with Crippen LogP contribution in [0.3, 0.4) is 0 Å². The van der Waals surface area contributed by atoms with E-state index in [1.54, 1.807) is 30.1 Å². The first-order valence-corrected chi connectivity index (χ1v) is 12.5. The topological polar surface area (TPSA) is 76.2 Å². The molecule has 7 nitrogen and oxygen atoms in total. The molecule has 2 aromatic carbocycles. The number of piperidine rings is 1. The number of benzene rings is 2. The molecule has 4 rings (SSSR count). The SMILES string of the molecule is Cc1cc(C)cc(N(C)C(=O)C2CCN(S(=O)(=O)c3ccc4c(c3)OCCCO4)CC2)c1. The second-order valence-corrected chi connectivity index (χ2v) is 10.5. The van der Waals surface area contributed by atoms with Crippen molar-refractivity contribution in [3.05, 3.63) is 47.5 Å². The van der Waals surface area contributed by atoms with Crippen molar-refractivity contribution in [3.63, 3.8) is 0 Å². The lowest BCUT2D eigenvalue weighted by atomic mass is 9.96. The van der Waals surface area contributed by atoms with E-state index in [9.17, 15) is 13.2 Å². The highest BCUT2D eigenvalue weighted by molar-refractivity contribution is 7.89. The van der Waals surface area contributed by atoms with Gasteiger partial charge < -0.3 is 14.4 Å². The zero-order chi connectivity index (χ0) is 22.9. The Bertz CT molecular complexity index is 1090. The summed E-state index contributed by atoms with van der Waals surface area (Å²) in [6.07, 6.45) is 1.75. The predicted molar refractivity (Wildman–Crippen MR) is 123 cm³/mol. The molecule has 172 valence electrons. The van der Waals surface area contributed by atoms with E-state index in [2.05, 4.69) is 6.07 Å². The van der Waals surface area contributed by atoms with E-state index < -0.39 is 10.0 Å². The molecular weight excluding hydrogens is 428 g/mol. The molecule has 1 amide bonds. The number of ether oxygens (including phenoxy) is 2. The number of fused-ring (bicyclic) bond motifs is 1. The molecule has 32 heavy (non-hydrogen) atoms. The van der Waals surface area contributed by atoms with Gasteiger partial charge in [0, 0.05) is 44.2 Å². The Hall–Kier alpha value is -2.58. The molecule has 0 unspecified atom stereocenters. The zero-order valence-corrected chi connectivity index (χ0v) is 19.7. The Morgan fingerprint density at radius 2 is 1.59 bits per heavy atom. The average Bonchev–Trinajstić information content (AvgIpc) is 3.02. The molecule has 1 saturated heterocycles. The molecule has 0 aliphatic carbocycles. The van der Waals surface area contributed by atoms with Gasteiger partial charge in [-0.05, 0) is 62.1 Å². The molecule has 0 N–H and O–H groups in total. The highest BCUT2D eigenvalue weighted by atomic mass is 32.2. The number of aryl methyl sites for hydroxylation is 2. The van der Waals surface area contributed by atoms with Crippen molar-refractivity contribution in [2.75, 3.05) is 38.3 Å². The summed E-state index contributed by atoms with van der Waals surface area (Å²) in [6, 6.07) is 10.8. The van der Waals surface area contributed by atoms with Crippen LogP contribution in [0.1, 0.15) is 30.4 Å². The van der Waals surface area contributed by atoms with Crippen LogP contribution in [0.4, 0.5) is 5.69 Å². The average molecular weight is 459 g/mol. The van der Waals surface area contributed by atoms with E-state index in [1.165, 1.54) is 4.31 Å². The number of amides is 1. The first-order valence-electron chi connectivity index (χ1n) is 11.0. The van der Waals surface area contributed by atoms with Crippen LogP contribution in [0.15, 0.2) is 41.3 Å². The Morgan fingerprint density at radius 1 is 0.969 bits per heavy atom. The predicted octanol–water partition coefficient (Wildman–Crippen LogP) is 3.53. The van der Waals surface area contributed by atoms with Crippen molar-refractivity contribution in [2.45, 2.75) is 38.0 Å². The Balaban J connectivity index is 1.43. The fraction of sp³-hybridized carbons (Fsp3) is 0.458. The summed E-state index contributed by atoms with van der Waals surface area (Å²) in [6.45, 7) is 5.70. The molecule has 0 aromatic heterocycles. The molecular formula is C24H30N2O5S. The molecule has 0 atom stereocenters. The van der Waals surface area contributed by atoms with Crippen LogP contribution in [0.5, 0.6) is 11.5 Å². The van der Waals surface area contributed by atoms with E-state index >= 15 is 0 Å². The number of anilines is 1. The van der Waals surface area contributed by atoms with Crippen molar-refractivity contribution in [3.8, 4) is 11.5 Å². The van der Waals surface area contributed by atoms with Gasteiger partial charge in [-0.1, -0.05) is 6.07 Å². The van der Waals surface area contributed by atoms with Gasteiger partial charge in [0.2, 0.25) is 15.9 Å². The molecule has 1 fully saturated rings. The van der Waals surface area contributed by atoms with Crippen LogP contribution in [0.25, 0.3) is 0 Å². The fourth-order valence-electron chi connectivity index (χ4n) is 4.34. The van der Waals surface area contributed by atoms with Gasteiger partial charge in [0.25, 0.3) is 0 Å². The minimum atomic E-state index is -3.67. The van der Waals surface area contributed by atoms with E-state index in [0.717, 1.165) is 23.2 Å². The molecule has 2 aliphatic rings. The summed E-state index contributed by atoms with van der Waals surface area (Å²) >= 11 is 0. The largest absolute Gasteiger partial charge is 0.490 e. The second-order valence-electron chi connectivity index (χ2n) is 8.58. The number of sulfonamides is 1. The minimum absolute atomic E-state index is 0.0302. The Labute approximate surface area is 190 Å². The smallest absolute Gasteiger partial charge is 0.243 e. The van der Waals surface area contributed by atoms with Crippen molar-refractivity contribution >= 4 is 21.6 Å². The van der Waals surface area contributed by atoms with E-state index in [0.29, 0.717) is 50.6 Å². The maximum atomic E-state index is 13.2. The molecule has 0 saturated carbocycles. The highest BCUT2D eigenvalue weighted by Gasteiger charge is 2.34. The third kappa shape index (κ3) is 4.61. The van der Waals surface area contributed by atoms with Gasteiger partial charge in [-0.25, -0.2) is 8.42 Å². The first kappa shape index (κ1) is 22.6. The summed E-state index contributed by atoms with van der Waals surface area (Å²) in [5.74, 6) is 0.863. The molecule has 0 spiro atoms. The fourth-order valence-corrected chi connectivity index (χ4v) is 5.83. The highest BCUT2D eigenvalue weighted by Crippen LogP contribution is 2.34. The standard InChI is InChI=1S/C24H30N2O5S/c1-17-13-18(2)15-20(14-17)25(3)24(27)19-7-9-26(10-8-19)32(28,29)21-5-6-22-23(16-21)31-12-4-11-30-22/h5-6,13-16,19H,4,7-12H2,1-3H3. The van der Waals surface area contributed by atoms with Gasteiger partial charge in [0.15, 0.2) is 11.5 Å². The quantitative estimate of drug-likeness (QED) is 0.701. The number of carbonyl (C=O) groups excluding carboxylic acids is 1. The van der Waals surface area contributed by atoms with Crippen LogP contribution in [-0.2, 0) is 14.8 Å². The normalized spacial score (nSPS) is 17.6. The third-order valence-electron chi connectivity index (χ3n) is 6.08. The van der Waals surface area contributed by atoms with Crippen LogP contribution in [0, 0.1) is 19.8 Å². The number of hydrogen-bond acceptors (Lipinski definition) is 5. The third-order valence-corrected chi connectivity index (χ3v) is 7.98. The maximum Gasteiger partial charge on any atom is 0.243 e. The molecule has 8 heteroatoms. The van der Waals surface area contributed by atoms with Crippen LogP contribution in [0.2, 0.25) is 0 Å². The summed E-state index contributed by atoms with van der Waals surface area (Å²) in [7, 11) is -1.88. The summed E-state index contributed by atoms with van der Waals surface area (Å²) in [5, 5.41) is 0. The lowest BCUT2D eigenvalue weighted by molar-refractivity contribution is -0.123. The van der Waals surface area contributed by atoms with Gasteiger partial charge in [-0.3, -0.25) is 4.79 Å². The Morgan fingerprint density at radius 3 is 2.25 bits per heavy atom. The monoisotopic (exact) mass is 458 g/mol. The van der Waals surface area contributed by atoms with E-state index in [-0.39, 0.29) is 16.7 Å². The number of carbonyl (C=O) groups is 1. The maximum absolute atomic E-state index is 13.2. The summed E-state index contributed by atoms with van der Waals surface area (Å²) < 4.78 is 39.1. The van der Waals surface area contributed by atoms with Gasteiger partial charge in [-0.2, -0.15) is 4.31 Å². The summed E-state index contributed by atoms with van der Waals surface area (Å²) in [5.41, 5.74) is 3.08. The second kappa shape index (κ2) is 9.11. The minimum Gasteiger partial charge on any atom is -0.490 e. The van der Waals surface area contributed by atoms with E-state index in [1.807, 2.05) is 26.0 Å². The van der Waals surface area contributed by atoms with Gasteiger partial charge in [0.1, 0.15) is 0 Å². The van der Waals surface area contributed by atoms with Crippen LogP contribution in [-0.4, -0.2) is 52.0 Å². The Kier molecular flexibility index (Phi) is 6.44. The van der Waals surface area contributed by atoms with Crippen molar-refractivity contribution in [1.82, 2.24) is 4.31 Å². The van der Waals surface area contributed by atoms with Gasteiger partial charge >= 0.3 is 0 Å². The van der Waals surface area contributed by atoms with Crippen molar-refractivity contribution < 1.29 is 22.7 Å². The lowest BCUT2D eigenvalue weighted by Crippen LogP contribution is -2.43. The van der Waals surface area contributed by atoms with Crippen LogP contribution >= 0.6 is 0 Å². The molecule has 2 aromatic rings. The first-order chi connectivity index (χ1) is 15.3. The van der Waals surface area contributed by atoms with Crippen molar-refractivity contribution in [1.29, 1.82) is 0 Å². The molecule has 2 heterocycles. The number of nitrogens with zero attached hydrogens (tertiary/aromatic N) is 2. The van der Waals surface area contributed by atoms with Crippen LogP contribution < -0.4 is 14.4 Å². The number of rotatable bonds is 4. The molecule has 0 bridgehead atoms. The number of hydrogen-bond donors (Lipinski definition) is 0.